The lowest BCUT2D eigenvalue weighted by molar-refractivity contribution is 0.0936. The smallest absolute Gasteiger partial charge is 0.255 e. The van der Waals surface area contributed by atoms with Crippen molar-refractivity contribution >= 4 is 11.6 Å². The van der Waals surface area contributed by atoms with E-state index in [1.807, 2.05) is 30.3 Å². The normalized spacial score (nSPS) is 11.7. The number of hydrogen-bond donors (Lipinski definition) is 2. The molecule has 0 aliphatic heterocycles. The third-order valence-electron chi connectivity index (χ3n) is 3.25. The van der Waals surface area contributed by atoms with Gasteiger partial charge in [0.05, 0.1) is 11.6 Å². The van der Waals surface area contributed by atoms with Gasteiger partial charge in [0.2, 0.25) is 0 Å². The Kier molecular flexibility index (Phi) is 4.71. The minimum absolute atomic E-state index is 0.00797. The van der Waals surface area contributed by atoms with Crippen LogP contribution in [0.1, 0.15) is 35.3 Å². The van der Waals surface area contributed by atoms with Crippen LogP contribution < -0.4 is 10.6 Å². The van der Waals surface area contributed by atoms with E-state index >= 15 is 0 Å². The lowest BCUT2D eigenvalue weighted by atomic mass is 10.0. The molecule has 20 heavy (non-hydrogen) atoms. The fraction of sp³-hybridized carbons (Fsp3) is 0.250. The molecule has 0 bridgehead atoms. The highest BCUT2D eigenvalue weighted by molar-refractivity contribution is 5.99. The van der Waals surface area contributed by atoms with Crippen LogP contribution in [0.15, 0.2) is 48.8 Å². The standard InChI is InChI=1S/C16H19N3O/c1-3-14(12-7-5-4-6-8-12)19-16(20)13-11-18-10-9-15(13)17-2/h4-11,14H,3H2,1-2H3,(H,17,18)(H,19,20). The summed E-state index contributed by atoms with van der Waals surface area (Å²) in [6, 6.07) is 11.8. The summed E-state index contributed by atoms with van der Waals surface area (Å²) in [7, 11) is 1.79. The summed E-state index contributed by atoms with van der Waals surface area (Å²) in [6.07, 6.45) is 4.08. The fourth-order valence-electron chi connectivity index (χ4n) is 2.14. The minimum atomic E-state index is -0.113. The van der Waals surface area contributed by atoms with E-state index in [2.05, 4.69) is 22.5 Å². The molecule has 0 saturated carbocycles. The van der Waals surface area contributed by atoms with Crippen molar-refractivity contribution in [3.8, 4) is 0 Å². The molecule has 1 aromatic carbocycles. The van der Waals surface area contributed by atoms with Gasteiger partial charge in [-0.3, -0.25) is 9.78 Å². The largest absolute Gasteiger partial charge is 0.387 e. The van der Waals surface area contributed by atoms with Crippen LogP contribution in [0.25, 0.3) is 0 Å². The number of pyridine rings is 1. The van der Waals surface area contributed by atoms with Gasteiger partial charge in [-0.2, -0.15) is 0 Å². The maximum Gasteiger partial charge on any atom is 0.255 e. The van der Waals surface area contributed by atoms with Gasteiger partial charge in [-0.1, -0.05) is 37.3 Å². The van der Waals surface area contributed by atoms with Crippen molar-refractivity contribution in [3.63, 3.8) is 0 Å². The number of hydrogen-bond acceptors (Lipinski definition) is 3. The Labute approximate surface area is 119 Å². The fourth-order valence-corrected chi connectivity index (χ4v) is 2.14. The summed E-state index contributed by atoms with van der Waals surface area (Å²) in [5.74, 6) is -0.113. The van der Waals surface area contributed by atoms with Crippen LogP contribution in [0, 0.1) is 0 Å². The van der Waals surface area contributed by atoms with E-state index < -0.39 is 0 Å². The van der Waals surface area contributed by atoms with E-state index in [0.29, 0.717) is 5.56 Å². The first kappa shape index (κ1) is 14.1. The molecule has 104 valence electrons. The van der Waals surface area contributed by atoms with Crippen LogP contribution in [0.2, 0.25) is 0 Å². The van der Waals surface area contributed by atoms with Gasteiger partial charge in [-0.05, 0) is 18.1 Å². The van der Waals surface area contributed by atoms with E-state index in [1.165, 1.54) is 0 Å². The van der Waals surface area contributed by atoms with Crippen LogP contribution in [-0.4, -0.2) is 17.9 Å². The number of anilines is 1. The molecule has 2 N–H and O–H groups in total. The first-order valence-electron chi connectivity index (χ1n) is 6.73. The molecule has 1 heterocycles. The van der Waals surface area contributed by atoms with Gasteiger partial charge in [-0.15, -0.1) is 0 Å². The van der Waals surface area contributed by atoms with Crippen LogP contribution >= 0.6 is 0 Å². The summed E-state index contributed by atoms with van der Waals surface area (Å²) in [5, 5.41) is 6.06. The average molecular weight is 269 g/mol. The molecule has 1 unspecified atom stereocenters. The molecule has 0 aliphatic rings. The molecule has 2 rings (SSSR count). The number of carbonyl (C=O) groups excluding carboxylic acids is 1. The van der Waals surface area contributed by atoms with Gasteiger partial charge in [0, 0.05) is 25.1 Å². The monoisotopic (exact) mass is 269 g/mol. The van der Waals surface area contributed by atoms with Crippen molar-refractivity contribution in [1.82, 2.24) is 10.3 Å². The highest BCUT2D eigenvalue weighted by Gasteiger charge is 2.16. The van der Waals surface area contributed by atoms with E-state index in [9.17, 15) is 4.79 Å². The molecule has 0 spiro atoms. The van der Waals surface area contributed by atoms with Gasteiger partial charge >= 0.3 is 0 Å². The first-order chi connectivity index (χ1) is 9.76. The molecule has 1 aromatic heterocycles. The lowest BCUT2D eigenvalue weighted by Gasteiger charge is -2.18. The zero-order valence-corrected chi connectivity index (χ0v) is 11.8. The Hall–Kier alpha value is -2.36. The van der Waals surface area contributed by atoms with Gasteiger partial charge in [-0.25, -0.2) is 0 Å². The molecule has 0 fully saturated rings. The SMILES string of the molecule is CCC(NC(=O)c1cnccc1NC)c1ccccc1. The predicted molar refractivity (Wildman–Crippen MR) is 80.7 cm³/mol. The number of benzene rings is 1. The van der Waals surface area contributed by atoms with Crippen LogP contribution in [0.4, 0.5) is 5.69 Å². The highest BCUT2D eigenvalue weighted by atomic mass is 16.1. The summed E-state index contributed by atoms with van der Waals surface area (Å²) in [4.78, 5) is 16.4. The number of aromatic nitrogens is 1. The lowest BCUT2D eigenvalue weighted by Crippen LogP contribution is -2.28. The van der Waals surface area contributed by atoms with Crippen LogP contribution in [0.5, 0.6) is 0 Å². The minimum Gasteiger partial charge on any atom is -0.387 e. The molecule has 0 saturated heterocycles. The summed E-state index contributed by atoms with van der Waals surface area (Å²) >= 11 is 0. The third kappa shape index (κ3) is 3.15. The van der Waals surface area contributed by atoms with Gasteiger partial charge in [0.1, 0.15) is 0 Å². The summed E-state index contributed by atoms with van der Waals surface area (Å²) in [6.45, 7) is 2.06. The molecule has 4 heteroatoms. The quantitative estimate of drug-likeness (QED) is 0.877. The second-order valence-electron chi connectivity index (χ2n) is 4.52. The molecule has 4 nitrogen and oxygen atoms in total. The Morgan fingerprint density at radius 1 is 1.25 bits per heavy atom. The van der Waals surface area contributed by atoms with Crippen molar-refractivity contribution < 1.29 is 4.79 Å². The van der Waals surface area contributed by atoms with Crippen molar-refractivity contribution in [2.24, 2.45) is 0 Å². The predicted octanol–water partition coefficient (Wildman–Crippen LogP) is 3.00. The zero-order valence-electron chi connectivity index (χ0n) is 11.8. The van der Waals surface area contributed by atoms with E-state index in [1.54, 1.807) is 25.5 Å². The van der Waals surface area contributed by atoms with Crippen molar-refractivity contribution in [2.75, 3.05) is 12.4 Å². The Balaban J connectivity index is 2.18. The highest BCUT2D eigenvalue weighted by Crippen LogP contribution is 2.18. The molecule has 1 atom stereocenters. The molecule has 0 aliphatic carbocycles. The van der Waals surface area contributed by atoms with E-state index in [-0.39, 0.29) is 11.9 Å². The summed E-state index contributed by atoms with van der Waals surface area (Å²) in [5.41, 5.74) is 2.45. The van der Waals surface area contributed by atoms with Crippen LogP contribution in [-0.2, 0) is 0 Å². The zero-order chi connectivity index (χ0) is 14.4. The Bertz CT molecular complexity index is 569. The average Bonchev–Trinajstić information content (AvgIpc) is 2.53. The molecule has 1 amide bonds. The summed E-state index contributed by atoms with van der Waals surface area (Å²) < 4.78 is 0. The number of amides is 1. The number of rotatable bonds is 5. The number of carbonyl (C=O) groups is 1. The first-order valence-corrected chi connectivity index (χ1v) is 6.73. The van der Waals surface area contributed by atoms with Crippen LogP contribution in [0.3, 0.4) is 0 Å². The topological polar surface area (TPSA) is 54.0 Å². The van der Waals surface area contributed by atoms with Gasteiger partial charge < -0.3 is 10.6 Å². The Morgan fingerprint density at radius 3 is 2.65 bits per heavy atom. The maximum atomic E-state index is 12.4. The van der Waals surface area contributed by atoms with Crippen molar-refractivity contribution in [3.05, 3.63) is 59.9 Å². The van der Waals surface area contributed by atoms with Gasteiger partial charge in [0.15, 0.2) is 0 Å². The van der Waals surface area contributed by atoms with Crippen molar-refractivity contribution in [2.45, 2.75) is 19.4 Å². The third-order valence-corrected chi connectivity index (χ3v) is 3.25. The second-order valence-corrected chi connectivity index (χ2v) is 4.52. The molecule has 0 radical (unpaired) electrons. The number of nitrogens with one attached hydrogen (secondary N) is 2. The maximum absolute atomic E-state index is 12.4. The van der Waals surface area contributed by atoms with Gasteiger partial charge in [0.25, 0.3) is 5.91 Å². The van der Waals surface area contributed by atoms with Crippen molar-refractivity contribution in [1.29, 1.82) is 0 Å². The molecular weight excluding hydrogens is 250 g/mol. The Morgan fingerprint density at radius 2 is 2.00 bits per heavy atom. The van der Waals surface area contributed by atoms with E-state index in [0.717, 1.165) is 17.7 Å². The number of nitrogens with zero attached hydrogens (tertiary/aromatic N) is 1. The molecular formula is C16H19N3O. The van der Waals surface area contributed by atoms with E-state index in [4.69, 9.17) is 0 Å². The second kappa shape index (κ2) is 6.70. The molecule has 2 aromatic rings.